The van der Waals surface area contributed by atoms with Crippen LogP contribution in [0, 0.1) is 5.82 Å². The van der Waals surface area contributed by atoms with Crippen LogP contribution in [0.15, 0.2) is 47.5 Å². The molecule has 2 aromatic carbocycles. The van der Waals surface area contributed by atoms with Crippen molar-refractivity contribution in [1.29, 1.82) is 0 Å². The lowest BCUT2D eigenvalue weighted by atomic mass is 10.1. The summed E-state index contributed by atoms with van der Waals surface area (Å²) in [6, 6.07) is 11.5. The molecule has 2 aromatic rings. The molecule has 1 fully saturated rings. The lowest BCUT2D eigenvalue weighted by Gasteiger charge is -2.20. The summed E-state index contributed by atoms with van der Waals surface area (Å²) >= 11 is 7.52. The van der Waals surface area contributed by atoms with Gasteiger partial charge in [-0.2, -0.15) is 4.99 Å². The van der Waals surface area contributed by atoms with Crippen molar-refractivity contribution in [2.24, 2.45) is 4.99 Å². The van der Waals surface area contributed by atoms with Crippen LogP contribution in [0.1, 0.15) is 29.8 Å². The molecule has 1 saturated heterocycles. The third-order valence-corrected chi connectivity index (χ3v) is 5.57. The Kier molecular flexibility index (Phi) is 5.77. The number of nitrogens with zero attached hydrogens (tertiary/aromatic N) is 2. The van der Waals surface area contributed by atoms with E-state index >= 15 is 0 Å². The predicted molar refractivity (Wildman–Crippen MR) is 108 cm³/mol. The fourth-order valence-electron chi connectivity index (χ4n) is 2.91. The normalized spacial score (nSPS) is 17.4. The standard InChI is InChI=1S/C20H20ClFN2O2S/c1-20(2)12-24(11-13-6-4-5-7-16(13)22)19(27-20)23-18(25)15-10-14(21)8-9-17(15)26-3/h4-10H,11-12H2,1-3H3/b23-19-. The Bertz CT molecular complexity index is 901. The summed E-state index contributed by atoms with van der Waals surface area (Å²) in [6.45, 7) is 5.14. The van der Waals surface area contributed by atoms with Crippen LogP contribution in [0.3, 0.4) is 0 Å². The quantitative estimate of drug-likeness (QED) is 0.715. The largest absolute Gasteiger partial charge is 0.496 e. The molecule has 0 N–H and O–H groups in total. The van der Waals surface area contributed by atoms with E-state index in [0.29, 0.717) is 40.2 Å². The monoisotopic (exact) mass is 406 g/mol. The molecule has 3 rings (SSSR count). The van der Waals surface area contributed by atoms with Crippen molar-refractivity contribution in [3.05, 3.63) is 64.4 Å². The minimum absolute atomic E-state index is 0.136. The number of benzene rings is 2. The highest BCUT2D eigenvalue weighted by Crippen LogP contribution is 2.37. The molecule has 4 nitrogen and oxygen atoms in total. The highest BCUT2D eigenvalue weighted by molar-refractivity contribution is 8.15. The molecule has 1 aliphatic rings. The van der Waals surface area contributed by atoms with Gasteiger partial charge in [0, 0.05) is 28.4 Å². The van der Waals surface area contributed by atoms with E-state index in [2.05, 4.69) is 18.8 Å². The molecule has 142 valence electrons. The molecule has 27 heavy (non-hydrogen) atoms. The molecule has 0 atom stereocenters. The molecule has 0 spiro atoms. The molecule has 0 bridgehead atoms. The number of carbonyl (C=O) groups is 1. The van der Waals surface area contributed by atoms with Crippen LogP contribution in [0.5, 0.6) is 5.75 Å². The molecule has 0 unspecified atom stereocenters. The van der Waals surface area contributed by atoms with E-state index < -0.39 is 5.91 Å². The van der Waals surface area contributed by atoms with Crippen molar-refractivity contribution in [3.8, 4) is 5.75 Å². The number of amidine groups is 1. The molecule has 1 amide bonds. The van der Waals surface area contributed by atoms with E-state index in [4.69, 9.17) is 16.3 Å². The van der Waals surface area contributed by atoms with Crippen molar-refractivity contribution in [3.63, 3.8) is 0 Å². The van der Waals surface area contributed by atoms with E-state index in [9.17, 15) is 9.18 Å². The van der Waals surface area contributed by atoms with Crippen molar-refractivity contribution in [1.82, 2.24) is 4.90 Å². The van der Waals surface area contributed by atoms with Gasteiger partial charge in [0.05, 0.1) is 12.7 Å². The highest BCUT2D eigenvalue weighted by Gasteiger charge is 2.36. The average molecular weight is 407 g/mol. The number of aliphatic imine (C=N–C) groups is 1. The third-order valence-electron chi connectivity index (χ3n) is 4.12. The van der Waals surface area contributed by atoms with Gasteiger partial charge in [-0.1, -0.05) is 41.6 Å². The number of methoxy groups -OCH3 is 1. The van der Waals surface area contributed by atoms with Gasteiger partial charge in [0.25, 0.3) is 5.91 Å². The van der Waals surface area contributed by atoms with Gasteiger partial charge >= 0.3 is 0 Å². The minimum Gasteiger partial charge on any atom is -0.496 e. The van der Waals surface area contributed by atoms with Gasteiger partial charge in [-0.05, 0) is 38.1 Å². The van der Waals surface area contributed by atoms with E-state index in [0.717, 1.165) is 0 Å². The Balaban J connectivity index is 1.91. The average Bonchev–Trinajstić information content (AvgIpc) is 2.90. The first kappa shape index (κ1) is 19.7. The summed E-state index contributed by atoms with van der Waals surface area (Å²) in [7, 11) is 1.49. The zero-order valence-corrected chi connectivity index (χ0v) is 16.9. The summed E-state index contributed by atoms with van der Waals surface area (Å²) in [6.07, 6.45) is 0. The first-order valence-electron chi connectivity index (χ1n) is 8.43. The molecule has 7 heteroatoms. The van der Waals surface area contributed by atoms with Crippen molar-refractivity contribution < 1.29 is 13.9 Å². The van der Waals surface area contributed by atoms with Crippen LogP contribution < -0.4 is 4.74 Å². The Morgan fingerprint density at radius 2 is 2.07 bits per heavy atom. The van der Waals surface area contributed by atoms with E-state index in [1.807, 2.05) is 4.90 Å². The van der Waals surface area contributed by atoms with Gasteiger partial charge in [-0.3, -0.25) is 4.79 Å². The number of halogens is 2. The number of amides is 1. The maximum absolute atomic E-state index is 14.1. The van der Waals surface area contributed by atoms with Gasteiger partial charge in [0.1, 0.15) is 11.6 Å². The Hall–Kier alpha value is -2.05. The van der Waals surface area contributed by atoms with Crippen molar-refractivity contribution in [2.75, 3.05) is 13.7 Å². The van der Waals surface area contributed by atoms with E-state index in [1.165, 1.54) is 24.9 Å². The summed E-state index contributed by atoms with van der Waals surface area (Å²) in [5, 5.41) is 0.997. The van der Waals surface area contributed by atoms with Gasteiger partial charge in [-0.15, -0.1) is 0 Å². The summed E-state index contributed by atoms with van der Waals surface area (Å²) in [5.74, 6) is -0.292. The zero-order valence-electron chi connectivity index (χ0n) is 15.3. The first-order valence-corrected chi connectivity index (χ1v) is 9.62. The van der Waals surface area contributed by atoms with Crippen molar-refractivity contribution in [2.45, 2.75) is 25.1 Å². The Morgan fingerprint density at radius 3 is 2.78 bits per heavy atom. The second-order valence-corrected chi connectivity index (χ2v) is 8.96. The van der Waals surface area contributed by atoms with Crippen LogP contribution in [-0.2, 0) is 6.54 Å². The van der Waals surface area contributed by atoms with Crippen LogP contribution in [-0.4, -0.2) is 34.4 Å². The molecule has 0 aliphatic carbocycles. The smallest absolute Gasteiger partial charge is 0.283 e. The molecule has 0 saturated carbocycles. The maximum atomic E-state index is 14.1. The number of hydrogen-bond donors (Lipinski definition) is 0. The molecular weight excluding hydrogens is 387 g/mol. The minimum atomic E-state index is -0.437. The molecule has 0 aromatic heterocycles. The van der Waals surface area contributed by atoms with Gasteiger partial charge in [0.15, 0.2) is 5.17 Å². The molecule has 1 heterocycles. The predicted octanol–water partition coefficient (Wildman–Crippen LogP) is 5.01. The summed E-state index contributed by atoms with van der Waals surface area (Å²) < 4.78 is 19.2. The first-order chi connectivity index (χ1) is 12.8. The van der Waals surface area contributed by atoms with Gasteiger partial charge in [0.2, 0.25) is 0 Å². The van der Waals surface area contributed by atoms with Crippen LogP contribution in [0.4, 0.5) is 4.39 Å². The molecule has 1 aliphatic heterocycles. The van der Waals surface area contributed by atoms with E-state index in [1.54, 1.807) is 36.4 Å². The SMILES string of the molecule is COc1ccc(Cl)cc1C(=O)/N=C1\SC(C)(C)CN1Cc1ccccc1F. The maximum Gasteiger partial charge on any atom is 0.283 e. The van der Waals surface area contributed by atoms with Crippen LogP contribution >= 0.6 is 23.4 Å². The number of thioether (sulfide) groups is 1. The van der Waals surface area contributed by atoms with Crippen molar-refractivity contribution >= 4 is 34.4 Å². The van der Waals surface area contributed by atoms with Gasteiger partial charge < -0.3 is 9.64 Å². The number of ether oxygens (including phenoxy) is 1. The number of carbonyl (C=O) groups excluding carboxylic acids is 1. The second-order valence-electron chi connectivity index (χ2n) is 6.85. The fourth-order valence-corrected chi connectivity index (χ4v) is 4.19. The molecule has 0 radical (unpaired) electrons. The lowest BCUT2D eigenvalue weighted by molar-refractivity contribution is 0.0998. The second kappa shape index (κ2) is 7.90. The third kappa shape index (κ3) is 4.62. The Morgan fingerprint density at radius 1 is 1.33 bits per heavy atom. The lowest BCUT2D eigenvalue weighted by Crippen LogP contribution is -2.29. The fraction of sp³-hybridized carbons (Fsp3) is 0.300. The van der Waals surface area contributed by atoms with E-state index in [-0.39, 0.29) is 10.6 Å². The topological polar surface area (TPSA) is 41.9 Å². The summed E-state index contributed by atoms with van der Waals surface area (Å²) in [4.78, 5) is 19.0. The van der Waals surface area contributed by atoms with Crippen LogP contribution in [0.25, 0.3) is 0 Å². The number of rotatable bonds is 4. The number of hydrogen-bond acceptors (Lipinski definition) is 3. The van der Waals surface area contributed by atoms with Crippen LogP contribution in [0.2, 0.25) is 5.02 Å². The zero-order chi connectivity index (χ0) is 19.6. The Labute approximate surface area is 167 Å². The van der Waals surface area contributed by atoms with Gasteiger partial charge in [-0.25, -0.2) is 4.39 Å². The molecular formula is C20H20ClFN2O2S. The highest BCUT2D eigenvalue weighted by atomic mass is 35.5. The summed E-state index contributed by atoms with van der Waals surface area (Å²) in [5.41, 5.74) is 0.866.